The number of carbonyl (C=O) groups is 1. The fraction of sp³-hybridized carbons (Fsp3) is 0.542. The third-order valence-corrected chi connectivity index (χ3v) is 7.23. The number of likely N-dealkylation sites (tertiary alicyclic amines) is 1. The van der Waals surface area contributed by atoms with Crippen molar-refractivity contribution in [1.29, 1.82) is 0 Å². The standard InChI is InChI=1S/C24H33N3O3S/c1-3-30-24(28)22-8-6-12-27(22)18-20-11-10-19(31-20)17-25-13-15-26(16-14-25)21-7-4-5-9-23(21)29-2/h4-5,7,9-11,22H,3,6,8,12-18H2,1-2H3. The van der Waals surface area contributed by atoms with Gasteiger partial charge < -0.3 is 14.4 Å². The average molecular weight is 444 g/mol. The summed E-state index contributed by atoms with van der Waals surface area (Å²) in [5, 5.41) is 0. The van der Waals surface area contributed by atoms with Gasteiger partial charge in [0.1, 0.15) is 11.8 Å². The maximum Gasteiger partial charge on any atom is 0.323 e. The Morgan fingerprint density at radius 2 is 1.77 bits per heavy atom. The fourth-order valence-corrected chi connectivity index (χ4v) is 5.66. The van der Waals surface area contributed by atoms with E-state index in [0.717, 1.165) is 64.4 Å². The Balaban J connectivity index is 1.28. The van der Waals surface area contributed by atoms with Crippen LogP contribution in [0.4, 0.5) is 5.69 Å². The van der Waals surface area contributed by atoms with Crippen LogP contribution in [0.25, 0.3) is 0 Å². The van der Waals surface area contributed by atoms with Crippen molar-refractivity contribution in [2.75, 3.05) is 51.3 Å². The molecule has 2 aliphatic heterocycles. The largest absolute Gasteiger partial charge is 0.495 e. The Labute approximate surface area is 189 Å². The lowest BCUT2D eigenvalue weighted by Crippen LogP contribution is -2.45. The summed E-state index contributed by atoms with van der Waals surface area (Å²) in [6.45, 7) is 9.24. The van der Waals surface area contributed by atoms with Crippen LogP contribution in [0.3, 0.4) is 0 Å². The van der Waals surface area contributed by atoms with Crippen molar-refractivity contribution in [2.45, 2.75) is 38.9 Å². The van der Waals surface area contributed by atoms with Crippen LogP contribution in [0.15, 0.2) is 36.4 Å². The highest BCUT2D eigenvalue weighted by atomic mass is 32.1. The third kappa shape index (κ3) is 5.40. The van der Waals surface area contributed by atoms with Crippen LogP contribution in [-0.4, -0.2) is 68.3 Å². The minimum Gasteiger partial charge on any atom is -0.495 e. The minimum absolute atomic E-state index is 0.0651. The highest BCUT2D eigenvalue weighted by Crippen LogP contribution is 2.29. The lowest BCUT2D eigenvalue weighted by Gasteiger charge is -2.36. The molecule has 0 saturated carbocycles. The summed E-state index contributed by atoms with van der Waals surface area (Å²) in [7, 11) is 1.74. The second-order valence-corrected chi connectivity index (χ2v) is 9.44. The summed E-state index contributed by atoms with van der Waals surface area (Å²) in [5.41, 5.74) is 1.19. The van der Waals surface area contributed by atoms with Gasteiger partial charge in [0.15, 0.2) is 0 Å². The molecule has 31 heavy (non-hydrogen) atoms. The maximum absolute atomic E-state index is 12.2. The highest BCUT2D eigenvalue weighted by molar-refractivity contribution is 7.11. The summed E-state index contributed by atoms with van der Waals surface area (Å²) < 4.78 is 10.8. The van der Waals surface area contributed by atoms with Gasteiger partial charge in [-0.3, -0.25) is 14.6 Å². The number of hydrogen-bond acceptors (Lipinski definition) is 7. The highest BCUT2D eigenvalue weighted by Gasteiger charge is 2.32. The SMILES string of the molecule is CCOC(=O)C1CCCN1Cc1ccc(CN2CCN(c3ccccc3OC)CC2)s1. The molecule has 1 aromatic heterocycles. The molecule has 1 aromatic carbocycles. The van der Waals surface area contributed by atoms with Crippen LogP contribution in [-0.2, 0) is 22.6 Å². The molecular formula is C24H33N3O3S. The topological polar surface area (TPSA) is 45.2 Å². The summed E-state index contributed by atoms with van der Waals surface area (Å²) in [5.74, 6) is 0.881. The summed E-state index contributed by atoms with van der Waals surface area (Å²) in [6.07, 6.45) is 1.98. The van der Waals surface area contributed by atoms with Crippen molar-refractivity contribution >= 4 is 23.0 Å². The zero-order chi connectivity index (χ0) is 21.6. The average Bonchev–Trinajstić information content (AvgIpc) is 3.44. The van der Waals surface area contributed by atoms with Gasteiger partial charge in [-0.2, -0.15) is 0 Å². The molecule has 0 N–H and O–H groups in total. The Morgan fingerprint density at radius 3 is 2.52 bits per heavy atom. The molecule has 1 atom stereocenters. The summed E-state index contributed by atoms with van der Waals surface area (Å²) >= 11 is 1.87. The van der Waals surface area contributed by atoms with E-state index in [9.17, 15) is 4.79 Å². The third-order valence-electron chi connectivity index (χ3n) is 6.18. The lowest BCUT2D eigenvalue weighted by atomic mass is 10.2. The van der Waals surface area contributed by atoms with Crippen LogP contribution in [0.5, 0.6) is 5.75 Å². The number of benzene rings is 1. The van der Waals surface area contributed by atoms with Crippen molar-refractivity contribution in [2.24, 2.45) is 0 Å². The first-order chi connectivity index (χ1) is 15.2. The van der Waals surface area contributed by atoms with Crippen molar-refractivity contribution in [1.82, 2.24) is 9.80 Å². The van der Waals surface area contributed by atoms with E-state index in [4.69, 9.17) is 9.47 Å². The molecule has 2 fully saturated rings. The fourth-order valence-electron chi connectivity index (χ4n) is 4.57. The van der Waals surface area contributed by atoms with Gasteiger partial charge in [-0.05, 0) is 50.6 Å². The van der Waals surface area contributed by atoms with Crippen LogP contribution < -0.4 is 9.64 Å². The van der Waals surface area contributed by atoms with E-state index < -0.39 is 0 Å². The first kappa shape index (κ1) is 22.1. The molecule has 0 spiro atoms. The second-order valence-electron chi connectivity index (χ2n) is 8.18. The van der Waals surface area contributed by atoms with Gasteiger partial charge in [0.2, 0.25) is 0 Å². The van der Waals surface area contributed by atoms with Crippen LogP contribution in [0.1, 0.15) is 29.5 Å². The van der Waals surface area contributed by atoms with Gasteiger partial charge in [0.05, 0.1) is 19.4 Å². The lowest BCUT2D eigenvalue weighted by molar-refractivity contribution is -0.148. The van der Waals surface area contributed by atoms with Crippen LogP contribution in [0.2, 0.25) is 0 Å². The van der Waals surface area contributed by atoms with E-state index in [2.05, 4.69) is 39.0 Å². The number of carbonyl (C=O) groups excluding carboxylic acids is 1. The number of piperazine rings is 1. The molecule has 4 rings (SSSR count). The molecule has 1 unspecified atom stereocenters. The number of anilines is 1. The van der Waals surface area contributed by atoms with E-state index in [1.165, 1.54) is 15.4 Å². The van der Waals surface area contributed by atoms with Crippen LogP contribution >= 0.6 is 11.3 Å². The number of nitrogens with zero attached hydrogens (tertiary/aromatic N) is 3. The summed E-state index contributed by atoms with van der Waals surface area (Å²) in [4.78, 5) is 22.2. The van der Waals surface area contributed by atoms with E-state index >= 15 is 0 Å². The number of esters is 1. The van der Waals surface area contributed by atoms with Gasteiger partial charge >= 0.3 is 5.97 Å². The molecular weight excluding hydrogens is 410 g/mol. The number of methoxy groups -OCH3 is 1. The summed E-state index contributed by atoms with van der Waals surface area (Å²) in [6, 6.07) is 12.7. The molecule has 168 valence electrons. The first-order valence-corrected chi connectivity index (χ1v) is 12.1. The van der Waals surface area contributed by atoms with Crippen LogP contribution in [0, 0.1) is 0 Å². The van der Waals surface area contributed by atoms with Crippen molar-refractivity contribution in [3.63, 3.8) is 0 Å². The molecule has 0 amide bonds. The minimum atomic E-state index is -0.0754. The molecule has 0 aliphatic carbocycles. The van der Waals surface area contributed by atoms with Gasteiger partial charge in [0.25, 0.3) is 0 Å². The Bertz CT molecular complexity index is 863. The Hall–Kier alpha value is -2.09. The van der Waals surface area contributed by atoms with Gasteiger partial charge in [-0.15, -0.1) is 11.3 Å². The van der Waals surface area contributed by atoms with E-state index in [0.29, 0.717) is 6.61 Å². The van der Waals surface area contributed by atoms with Gasteiger partial charge in [-0.1, -0.05) is 12.1 Å². The maximum atomic E-state index is 12.2. The molecule has 2 aliphatic rings. The molecule has 2 aromatic rings. The second kappa shape index (κ2) is 10.5. The Morgan fingerprint density at radius 1 is 1.03 bits per heavy atom. The molecule has 6 nitrogen and oxygen atoms in total. The smallest absolute Gasteiger partial charge is 0.323 e. The first-order valence-electron chi connectivity index (χ1n) is 11.3. The predicted molar refractivity (Wildman–Crippen MR) is 125 cm³/mol. The zero-order valence-electron chi connectivity index (χ0n) is 18.6. The zero-order valence-corrected chi connectivity index (χ0v) is 19.4. The Kier molecular flexibility index (Phi) is 7.48. The molecule has 2 saturated heterocycles. The molecule has 3 heterocycles. The number of rotatable bonds is 8. The molecule has 7 heteroatoms. The van der Waals surface area contributed by atoms with Crippen molar-refractivity contribution in [3.8, 4) is 5.75 Å². The monoisotopic (exact) mass is 443 g/mol. The van der Waals surface area contributed by atoms with Gasteiger partial charge in [0, 0.05) is 49.0 Å². The number of para-hydroxylation sites is 2. The molecule has 0 bridgehead atoms. The quantitative estimate of drug-likeness (QED) is 0.581. The van der Waals surface area contributed by atoms with E-state index in [-0.39, 0.29) is 12.0 Å². The molecule has 0 radical (unpaired) electrons. The van der Waals surface area contributed by atoms with E-state index in [1.54, 1.807) is 7.11 Å². The normalized spacial score (nSPS) is 20.2. The number of thiophene rings is 1. The van der Waals surface area contributed by atoms with Crippen molar-refractivity contribution < 1.29 is 14.3 Å². The predicted octanol–water partition coefficient (Wildman–Crippen LogP) is 3.61. The van der Waals surface area contributed by atoms with E-state index in [1.807, 2.05) is 30.4 Å². The van der Waals surface area contributed by atoms with Crippen molar-refractivity contribution in [3.05, 3.63) is 46.2 Å². The van der Waals surface area contributed by atoms with Gasteiger partial charge in [-0.25, -0.2) is 0 Å². The number of ether oxygens (including phenoxy) is 2. The number of hydrogen-bond donors (Lipinski definition) is 0.